The summed E-state index contributed by atoms with van der Waals surface area (Å²) in [5.74, 6) is -0.798. The van der Waals surface area contributed by atoms with Gasteiger partial charge >= 0.3 is 7.82 Å². The highest BCUT2D eigenvalue weighted by Gasteiger charge is 2.18. The number of benzene rings is 1. The SMILES string of the molecule is Cc1ncc(COP(=O)(O)O)c(/C=N/NC(=O)[C@@H](N)Cc2c[nH]c3ccccc23)c1O. The first-order valence-corrected chi connectivity index (χ1v) is 10.7. The first-order valence-electron chi connectivity index (χ1n) is 9.16. The van der Waals surface area contributed by atoms with Crippen molar-refractivity contribution in [2.45, 2.75) is 26.0 Å². The fourth-order valence-electron chi connectivity index (χ4n) is 2.94. The second-order valence-corrected chi connectivity index (χ2v) is 8.04. The Morgan fingerprint density at radius 3 is 2.87 bits per heavy atom. The predicted octanol–water partition coefficient (Wildman–Crippen LogP) is 1.21. The van der Waals surface area contributed by atoms with Crippen LogP contribution in [0.2, 0.25) is 0 Å². The Kier molecular flexibility index (Phi) is 6.84. The highest BCUT2D eigenvalue weighted by molar-refractivity contribution is 7.46. The van der Waals surface area contributed by atoms with E-state index in [4.69, 9.17) is 15.5 Å². The number of nitrogens with zero attached hydrogens (tertiary/aromatic N) is 2. The zero-order valence-corrected chi connectivity index (χ0v) is 17.4. The van der Waals surface area contributed by atoms with Gasteiger partial charge in [-0.25, -0.2) is 9.99 Å². The maximum Gasteiger partial charge on any atom is 0.469 e. The summed E-state index contributed by atoms with van der Waals surface area (Å²) in [5, 5.41) is 15.0. The van der Waals surface area contributed by atoms with Crippen LogP contribution in [0, 0.1) is 6.92 Å². The van der Waals surface area contributed by atoms with Gasteiger partial charge in [0.05, 0.1) is 24.6 Å². The topological polar surface area (TPSA) is 183 Å². The summed E-state index contributed by atoms with van der Waals surface area (Å²) in [6.45, 7) is 1.02. The number of hydrazone groups is 1. The molecule has 0 aliphatic rings. The fraction of sp³-hybridized carbons (Fsp3) is 0.211. The lowest BCUT2D eigenvalue weighted by molar-refractivity contribution is -0.122. The van der Waals surface area contributed by atoms with Gasteiger partial charge in [0.25, 0.3) is 5.91 Å². The van der Waals surface area contributed by atoms with Crippen molar-refractivity contribution >= 4 is 30.8 Å². The van der Waals surface area contributed by atoms with Crippen molar-refractivity contribution in [3.05, 3.63) is 59.0 Å². The zero-order valence-electron chi connectivity index (χ0n) is 16.5. The maximum atomic E-state index is 12.3. The third-order valence-corrected chi connectivity index (χ3v) is 5.03. The molecule has 2 heterocycles. The number of carbonyl (C=O) groups excluding carboxylic acids is 1. The molecule has 3 aromatic rings. The lowest BCUT2D eigenvalue weighted by Crippen LogP contribution is -2.39. The molecule has 12 heteroatoms. The summed E-state index contributed by atoms with van der Waals surface area (Å²) in [4.78, 5) is 37.1. The Balaban J connectivity index is 1.68. The van der Waals surface area contributed by atoms with Crippen LogP contribution in [0.25, 0.3) is 10.9 Å². The molecule has 0 aliphatic carbocycles. The average molecular weight is 447 g/mol. The average Bonchev–Trinajstić information content (AvgIpc) is 3.12. The molecule has 7 N–H and O–H groups in total. The van der Waals surface area contributed by atoms with E-state index in [1.165, 1.54) is 13.1 Å². The molecule has 2 aromatic heterocycles. The van der Waals surface area contributed by atoms with Crippen LogP contribution in [0.4, 0.5) is 0 Å². The van der Waals surface area contributed by atoms with Crippen LogP contribution in [0.1, 0.15) is 22.4 Å². The van der Waals surface area contributed by atoms with Crippen molar-refractivity contribution in [3.63, 3.8) is 0 Å². The molecule has 164 valence electrons. The van der Waals surface area contributed by atoms with Gasteiger partial charge in [0.15, 0.2) is 0 Å². The van der Waals surface area contributed by atoms with E-state index >= 15 is 0 Å². The summed E-state index contributed by atoms with van der Waals surface area (Å²) in [6, 6.07) is 6.78. The second-order valence-electron chi connectivity index (χ2n) is 6.80. The number of nitrogens with two attached hydrogens (primary N) is 1. The molecule has 1 aromatic carbocycles. The van der Waals surface area contributed by atoms with E-state index in [2.05, 4.69) is 25.0 Å². The van der Waals surface area contributed by atoms with Crippen molar-refractivity contribution in [2.24, 2.45) is 10.8 Å². The molecule has 0 saturated carbocycles. The van der Waals surface area contributed by atoms with Crippen molar-refractivity contribution in [1.29, 1.82) is 0 Å². The van der Waals surface area contributed by atoms with Gasteiger partial charge in [0.2, 0.25) is 0 Å². The Labute approximate surface area is 177 Å². The number of para-hydroxylation sites is 1. The van der Waals surface area contributed by atoms with Crippen molar-refractivity contribution < 1.29 is 28.8 Å². The van der Waals surface area contributed by atoms with Crippen LogP contribution in [-0.4, -0.2) is 43.0 Å². The molecular formula is C19H22N5O6P. The van der Waals surface area contributed by atoms with E-state index in [9.17, 15) is 14.5 Å². The Bertz CT molecular complexity index is 1170. The number of rotatable bonds is 8. The van der Waals surface area contributed by atoms with Crippen LogP contribution >= 0.6 is 7.82 Å². The number of pyridine rings is 1. The van der Waals surface area contributed by atoms with Gasteiger partial charge in [0, 0.05) is 34.4 Å². The number of phosphoric acid groups is 1. The van der Waals surface area contributed by atoms with Crippen LogP contribution in [0.5, 0.6) is 5.75 Å². The number of aryl methyl sites for hydroxylation is 1. The molecule has 11 nitrogen and oxygen atoms in total. The molecule has 1 amide bonds. The minimum atomic E-state index is -4.72. The van der Waals surface area contributed by atoms with E-state index in [0.29, 0.717) is 0 Å². The molecule has 0 saturated heterocycles. The highest BCUT2D eigenvalue weighted by atomic mass is 31.2. The van der Waals surface area contributed by atoms with E-state index in [1.54, 1.807) is 6.20 Å². The summed E-state index contributed by atoms with van der Waals surface area (Å²) >= 11 is 0. The van der Waals surface area contributed by atoms with E-state index in [0.717, 1.165) is 22.7 Å². The largest absolute Gasteiger partial charge is 0.505 e. The van der Waals surface area contributed by atoms with Crippen LogP contribution in [-0.2, 0) is 26.9 Å². The van der Waals surface area contributed by atoms with Crippen molar-refractivity contribution in [3.8, 4) is 5.75 Å². The summed E-state index contributed by atoms with van der Waals surface area (Å²) in [7, 11) is -4.72. The van der Waals surface area contributed by atoms with Gasteiger partial charge in [-0.05, 0) is 25.0 Å². The number of nitrogens with one attached hydrogen (secondary N) is 2. The predicted molar refractivity (Wildman–Crippen MR) is 113 cm³/mol. The quantitative estimate of drug-likeness (QED) is 0.169. The lowest BCUT2D eigenvalue weighted by atomic mass is 10.1. The smallest absolute Gasteiger partial charge is 0.469 e. The van der Waals surface area contributed by atoms with Gasteiger partial charge in [-0.3, -0.25) is 14.3 Å². The Morgan fingerprint density at radius 2 is 2.13 bits per heavy atom. The van der Waals surface area contributed by atoms with Crippen LogP contribution in [0.3, 0.4) is 0 Å². The lowest BCUT2D eigenvalue weighted by Gasteiger charge is -2.11. The monoisotopic (exact) mass is 447 g/mol. The van der Waals surface area contributed by atoms with Gasteiger partial charge in [-0.1, -0.05) is 18.2 Å². The van der Waals surface area contributed by atoms with Crippen molar-refractivity contribution in [2.75, 3.05) is 0 Å². The molecule has 0 fully saturated rings. The normalized spacial score (nSPS) is 13.0. The number of amides is 1. The van der Waals surface area contributed by atoms with Crippen molar-refractivity contribution in [1.82, 2.24) is 15.4 Å². The van der Waals surface area contributed by atoms with Gasteiger partial charge < -0.3 is 25.6 Å². The first-order chi connectivity index (χ1) is 14.7. The second kappa shape index (κ2) is 9.38. The summed E-state index contributed by atoms with van der Waals surface area (Å²) in [5.41, 5.74) is 10.7. The molecular weight excluding hydrogens is 425 g/mol. The molecule has 3 rings (SSSR count). The zero-order chi connectivity index (χ0) is 22.6. The van der Waals surface area contributed by atoms with Crippen LogP contribution in [0.15, 0.2) is 41.8 Å². The number of aromatic amines is 1. The van der Waals surface area contributed by atoms with Gasteiger partial charge in [0.1, 0.15) is 5.75 Å². The Hall–Kier alpha value is -3.08. The third kappa shape index (κ3) is 5.75. The number of fused-ring (bicyclic) bond motifs is 1. The third-order valence-electron chi connectivity index (χ3n) is 4.57. The standard InChI is InChI=1S/C19H22N5O6P/c1-11-18(25)15(13(8-21-11)10-30-31(27,28)29)9-23-24-19(26)16(20)6-12-7-22-17-5-3-2-4-14(12)17/h2-5,7-9,16,22,25H,6,10,20H2,1H3,(H,24,26)(H2,27,28,29)/b23-9+/t16-/m0/s1. The Morgan fingerprint density at radius 1 is 1.39 bits per heavy atom. The molecule has 1 atom stereocenters. The van der Waals surface area contributed by atoms with E-state index in [-0.39, 0.29) is 29.0 Å². The highest BCUT2D eigenvalue weighted by Crippen LogP contribution is 2.37. The first kappa shape index (κ1) is 22.6. The molecule has 0 unspecified atom stereocenters. The number of hydrogen-bond donors (Lipinski definition) is 6. The van der Waals surface area contributed by atoms with Gasteiger partial charge in [-0.15, -0.1) is 0 Å². The number of H-pyrrole nitrogens is 1. The molecule has 0 radical (unpaired) electrons. The number of aromatic nitrogens is 2. The minimum Gasteiger partial charge on any atom is -0.505 e. The van der Waals surface area contributed by atoms with Crippen LogP contribution < -0.4 is 11.2 Å². The molecule has 0 bridgehead atoms. The maximum absolute atomic E-state index is 12.3. The summed E-state index contributed by atoms with van der Waals surface area (Å²) < 4.78 is 15.4. The number of phosphoric ester groups is 1. The number of aromatic hydroxyl groups is 1. The fourth-order valence-corrected chi connectivity index (χ4v) is 3.25. The van der Waals surface area contributed by atoms with E-state index < -0.39 is 26.4 Å². The minimum absolute atomic E-state index is 0.103. The van der Waals surface area contributed by atoms with Gasteiger partial charge in [-0.2, -0.15) is 5.10 Å². The molecule has 0 spiro atoms. The summed E-state index contributed by atoms with van der Waals surface area (Å²) in [6.07, 6.45) is 4.51. The van der Waals surface area contributed by atoms with E-state index in [1.807, 2.05) is 24.3 Å². The molecule has 0 aliphatic heterocycles. The number of hydrogen-bond acceptors (Lipinski definition) is 7. The number of carbonyl (C=O) groups is 1. The molecule has 31 heavy (non-hydrogen) atoms.